The van der Waals surface area contributed by atoms with Gasteiger partial charge in [0, 0.05) is 31.9 Å². The first kappa shape index (κ1) is 22.8. The molecular formula is C26H30ClFN4O3. The summed E-state index contributed by atoms with van der Waals surface area (Å²) in [7, 11) is 0. The lowest BCUT2D eigenvalue weighted by Crippen LogP contribution is -2.59. The Hall–Kier alpha value is -2.61. The van der Waals surface area contributed by atoms with Gasteiger partial charge in [-0.05, 0) is 80.0 Å². The van der Waals surface area contributed by atoms with Gasteiger partial charge < -0.3 is 14.9 Å². The van der Waals surface area contributed by atoms with Crippen LogP contribution in [0, 0.1) is 23.1 Å². The molecule has 1 aliphatic heterocycles. The number of aromatic nitrogens is 2. The first-order chi connectivity index (χ1) is 16.8. The second kappa shape index (κ2) is 8.22. The van der Waals surface area contributed by atoms with Crippen LogP contribution >= 0.6 is 11.6 Å². The quantitative estimate of drug-likeness (QED) is 0.665. The van der Waals surface area contributed by atoms with Gasteiger partial charge in [-0.3, -0.25) is 9.59 Å². The van der Waals surface area contributed by atoms with E-state index in [4.69, 9.17) is 11.6 Å². The summed E-state index contributed by atoms with van der Waals surface area (Å²) in [6, 6.07) is 6.49. The molecule has 1 saturated heterocycles. The zero-order valence-electron chi connectivity index (χ0n) is 19.6. The van der Waals surface area contributed by atoms with Crippen molar-refractivity contribution in [1.82, 2.24) is 9.78 Å². The summed E-state index contributed by atoms with van der Waals surface area (Å²) in [5.41, 5.74) is 0.691. The monoisotopic (exact) mass is 500 g/mol. The molecule has 7 rings (SSSR count). The fourth-order valence-electron chi connectivity index (χ4n) is 8.02. The molecule has 186 valence electrons. The summed E-state index contributed by atoms with van der Waals surface area (Å²) < 4.78 is 14.9. The Morgan fingerprint density at radius 3 is 2.31 bits per heavy atom. The van der Waals surface area contributed by atoms with E-state index in [0.29, 0.717) is 37.0 Å². The molecule has 2 atom stereocenters. The molecule has 9 heteroatoms. The molecule has 35 heavy (non-hydrogen) atoms. The number of anilines is 2. The maximum atomic E-state index is 13.6. The van der Waals surface area contributed by atoms with E-state index in [-0.39, 0.29) is 28.2 Å². The van der Waals surface area contributed by atoms with E-state index in [1.54, 1.807) is 23.0 Å². The molecule has 5 fully saturated rings. The molecule has 2 aromatic rings. The van der Waals surface area contributed by atoms with Crippen molar-refractivity contribution >= 4 is 28.9 Å². The highest BCUT2D eigenvalue weighted by Crippen LogP contribution is 2.65. The summed E-state index contributed by atoms with van der Waals surface area (Å²) in [5.74, 6) is -0.112. The van der Waals surface area contributed by atoms with Crippen LogP contribution in [0.1, 0.15) is 44.9 Å². The Bertz CT molecular complexity index is 1190. The summed E-state index contributed by atoms with van der Waals surface area (Å²) in [4.78, 5) is 29.5. The van der Waals surface area contributed by atoms with Crippen molar-refractivity contribution in [1.29, 1.82) is 0 Å². The first-order valence-corrected chi connectivity index (χ1v) is 12.9. The van der Waals surface area contributed by atoms with E-state index >= 15 is 0 Å². The van der Waals surface area contributed by atoms with Gasteiger partial charge in [-0.1, -0.05) is 11.6 Å². The van der Waals surface area contributed by atoms with E-state index in [2.05, 4.69) is 14.9 Å². The van der Waals surface area contributed by atoms with Crippen LogP contribution in [0.2, 0.25) is 5.02 Å². The summed E-state index contributed by atoms with van der Waals surface area (Å²) in [6.45, 7) is 2.82. The van der Waals surface area contributed by atoms with Gasteiger partial charge in [-0.25, -0.2) is 9.07 Å². The highest BCUT2D eigenvalue weighted by molar-refractivity contribution is 6.33. The average molecular weight is 501 g/mol. The van der Waals surface area contributed by atoms with Crippen molar-refractivity contribution in [3.63, 3.8) is 0 Å². The zero-order valence-corrected chi connectivity index (χ0v) is 20.4. The third-order valence-electron chi connectivity index (χ3n) is 8.84. The van der Waals surface area contributed by atoms with Crippen molar-refractivity contribution in [2.75, 3.05) is 36.0 Å². The lowest BCUT2D eigenvalue weighted by Gasteiger charge is -2.61. The minimum atomic E-state index is -0.754. The van der Waals surface area contributed by atoms with Crippen LogP contribution in [0.15, 0.2) is 35.3 Å². The maximum Gasteiger partial charge on any atom is 0.303 e. The molecular weight excluding hydrogens is 471 g/mol. The average Bonchev–Trinajstić information content (AvgIpc) is 2.80. The first-order valence-electron chi connectivity index (χ1n) is 12.5. The maximum absolute atomic E-state index is 13.6. The van der Waals surface area contributed by atoms with Gasteiger partial charge in [0.2, 0.25) is 0 Å². The van der Waals surface area contributed by atoms with Crippen molar-refractivity contribution in [2.24, 2.45) is 17.3 Å². The van der Waals surface area contributed by atoms with Crippen LogP contribution in [-0.2, 0) is 10.3 Å². The topological polar surface area (TPSA) is 78.7 Å². The van der Waals surface area contributed by atoms with Gasteiger partial charge in [-0.2, -0.15) is 5.10 Å². The smallest absolute Gasteiger partial charge is 0.303 e. The summed E-state index contributed by atoms with van der Waals surface area (Å²) >= 11 is 6.70. The molecule has 0 amide bonds. The van der Waals surface area contributed by atoms with Gasteiger partial charge in [0.05, 0.1) is 23.8 Å². The lowest BCUT2D eigenvalue weighted by molar-refractivity contribution is -0.151. The van der Waals surface area contributed by atoms with Crippen LogP contribution < -0.4 is 15.4 Å². The molecule has 0 radical (unpaired) electrons. The molecule has 1 aromatic carbocycles. The molecule has 2 heterocycles. The fourth-order valence-corrected chi connectivity index (χ4v) is 8.27. The predicted molar refractivity (Wildman–Crippen MR) is 132 cm³/mol. The number of aliphatic carboxylic acids is 1. The number of rotatable bonds is 5. The Morgan fingerprint density at radius 1 is 1.06 bits per heavy atom. The molecule has 4 saturated carbocycles. The highest BCUT2D eigenvalue weighted by atomic mass is 35.5. The number of carbonyl (C=O) groups is 1. The Morgan fingerprint density at radius 2 is 1.69 bits per heavy atom. The number of nitrogens with zero attached hydrogens (tertiary/aromatic N) is 4. The van der Waals surface area contributed by atoms with Crippen molar-refractivity contribution in [3.8, 4) is 0 Å². The van der Waals surface area contributed by atoms with Gasteiger partial charge in [0.25, 0.3) is 5.56 Å². The van der Waals surface area contributed by atoms with Crippen LogP contribution in [0.5, 0.6) is 0 Å². The molecule has 4 bridgehead atoms. The Balaban J connectivity index is 1.24. The Labute approximate surface area is 208 Å². The SMILES string of the molecule is O=C(O)CC12C[C@H]3C[C@H](C1)CC(n1ncc(N4CCN(c5ccc(F)cc5)CC4)c(Cl)c1=O)(C3)C2. The number of piperazine rings is 1. The van der Waals surface area contributed by atoms with Crippen LogP contribution in [0.4, 0.5) is 15.8 Å². The zero-order chi connectivity index (χ0) is 24.4. The van der Waals surface area contributed by atoms with Crippen molar-refractivity contribution in [2.45, 2.75) is 50.5 Å². The summed E-state index contributed by atoms with van der Waals surface area (Å²) in [5, 5.41) is 14.4. The third kappa shape index (κ3) is 3.90. The molecule has 4 aliphatic carbocycles. The largest absolute Gasteiger partial charge is 0.481 e. The van der Waals surface area contributed by atoms with Gasteiger partial charge >= 0.3 is 5.97 Å². The van der Waals surface area contributed by atoms with Crippen LogP contribution in [-0.4, -0.2) is 47.0 Å². The number of hydrogen-bond acceptors (Lipinski definition) is 5. The normalized spacial score (nSPS) is 31.7. The second-order valence-electron chi connectivity index (χ2n) is 11.3. The number of benzene rings is 1. The predicted octanol–water partition coefficient (Wildman–Crippen LogP) is 4.13. The van der Waals surface area contributed by atoms with Crippen molar-refractivity contribution in [3.05, 3.63) is 51.7 Å². The van der Waals surface area contributed by atoms with E-state index < -0.39 is 11.5 Å². The van der Waals surface area contributed by atoms with E-state index in [0.717, 1.165) is 50.9 Å². The van der Waals surface area contributed by atoms with Gasteiger partial charge in [-0.15, -0.1) is 0 Å². The van der Waals surface area contributed by atoms with Crippen LogP contribution in [0.25, 0.3) is 0 Å². The highest BCUT2D eigenvalue weighted by Gasteiger charge is 2.59. The molecule has 7 nitrogen and oxygen atoms in total. The second-order valence-corrected chi connectivity index (χ2v) is 11.6. The fraction of sp³-hybridized carbons (Fsp3) is 0.577. The molecule has 1 aromatic heterocycles. The molecule has 0 spiro atoms. The third-order valence-corrected chi connectivity index (χ3v) is 9.19. The number of carboxylic acids is 1. The van der Waals surface area contributed by atoms with E-state index in [9.17, 15) is 19.1 Å². The van der Waals surface area contributed by atoms with Gasteiger partial charge in [0.1, 0.15) is 10.8 Å². The van der Waals surface area contributed by atoms with E-state index in [1.165, 1.54) is 12.1 Å². The molecule has 1 N–H and O–H groups in total. The minimum Gasteiger partial charge on any atom is -0.481 e. The lowest BCUT2D eigenvalue weighted by atomic mass is 9.46. The van der Waals surface area contributed by atoms with E-state index in [1.807, 2.05) is 0 Å². The summed E-state index contributed by atoms with van der Waals surface area (Å²) in [6.07, 6.45) is 7.35. The Kier molecular flexibility index (Phi) is 5.36. The number of halogens is 2. The van der Waals surface area contributed by atoms with Crippen molar-refractivity contribution < 1.29 is 14.3 Å². The number of carboxylic acid groups (broad SMARTS) is 1. The molecule has 0 unspecified atom stereocenters. The van der Waals surface area contributed by atoms with Gasteiger partial charge in [0.15, 0.2) is 0 Å². The molecule has 5 aliphatic rings. The standard InChI is InChI=1S/C26H30ClFN4O3/c27-23-21(31-7-5-30(6-8-31)20-3-1-19(28)2-4-20)15-29-32(24(23)35)26-12-17-9-18(13-26)11-25(10-17,16-26)14-22(33)34/h1-4,15,17-18H,5-14,16H2,(H,33,34)/t17-,18-,25?,26?/m1/s1. The van der Waals surface area contributed by atoms with Crippen LogP contribution in [0.3, 0.4) is 0 Å². The number of hydrogen-bond donors (Lipinski definition) is 1. The minimum absolute atomic E-state index is 0.167.